The van der Waals surface area contributed by atoms with Gasteiger partial charge in [-0.15, -0.1) is 0 Å². The molecule has 0 N–H and O–H groups in total. The Labute approximate surface area is 111 Å². The highest BCUT2D eigenvalue weighted by atomic mass is 16.5. The van der Waals surface area contributed by atoms with Crippen LogP contribution in [0, 0.1) is 0 Å². The Balaban J connectivity index is 2.29. The highest BCUT2D eigenvalue weighted by Crippen LogP contribution is 2.22. The summed E-state index contributed by atoms with van der Waals surface area (Å²) in [6, 6.07) is 7.26. The van der Waals surface area contributed by atoms with Gasteiger partial charge < -0.3 is 4.74 Å². The number of allylic oxidation sites excluding steroid dienone is 1. The second kappa shape index (κ2) is 6.44. The fourth-order valence-corrected chi connectivity index (χ4v) is 1.65. The van der Waals surface area contributed by atoms with E-state index in [2.05, 4.69) is 9.97 Å². The lowest BCUT2D eigenvalue weighted by atomic mass is 10.0. The van der Waals surface area contributed by atoms with Gasteiger partial charge in [0.1, 0.15) is 12.9 Å². The summed E-state index contributed by atoms with van der Waals surface area (Å²) in [5, 5.41) is 0. The van der Waals surface area contributed by atoms with Crippen LogP contribution in [0.4, 0.5) is 0 Å². The van der Waals surface area contributed by atoms with Crippen molar-refractivity contribution in [1.82, 2.24) is 9.97 Å². The Bertz CT molecular complexity index is 580. The maximum Gasteiger partial charge on any atom is 0.339 e. The maximum absolute atomic E-state index is 12.0. The molecular formula is C15H14N2O2. The zero-order valence-electron chi connectivity index (χ0n) is 10.6. The van der Waals surface area contributed by atoms with E-state index in [4.69, 9.17) is 4.74 Å². The van der Waals surface area contributed by atoms with Crippen LogP contribution in [0.2, 0.25) is 0 Å². The third kappa shape index (κ3) is 3.25. The normalized spacial score (nSPS) is 10.6. The third-order valence-electron chi connectivity index (χ3n) is 2.56. The Morgan fingerprint density at radius 3 is 2.74 bits per heavy atom. The van der Waals surface area contributed by atoms with E-state index >= 15 is 0 Å². The van der Waals surface area contributed by atoms with Crippen molar-refractivity contribution >= 4 is 5.97 Å². The predicted molar refractivity (Wildman–Crippen MR) is 72.6 cm³/mol. The molecule has 0 aliphatic rings. The van der Waals surface area contributed by atoms with Crippen molar-refractivity contribution < 1.29 is 9.53 Å². The lowest BCUT2D eigenvalue weighted by Gasteiger charge is -2.08. The van der Waals surface area contributed by atoms with Crippen molar-refractivity contribution in [1.29, 1.82) is 0 Å². The largest absolute Gasteiger partial charge is 0.458 e. The lowest BCUT2D eigenvalue weighted by Crippen LogP contribution is -2.07. The Morgan fingerprint density at radius 2 is 2.00 bits per heavy atom. The third-order valence-corrected chi connectivity index (χ3v) is 2.56. The highest BCUT2D eigenvalue weighted by Gasteiger charge is 2.13. The standard InChI is InChI=1S/C15H14N2O2/c1-2-3-8-19-15(18)14-7-5-4-6-13(14)12-9-16-11-17-10-12/h2-7,9-11H,8H2,1H3/b3-2+. The molecule has 0 spiro atoms. The van der Waals surface area contributed by atoms with Gasteiger partial charge in [0.15, 0.2) is 0 Å². The van der Waals surface area contributed by atoms with Gasteiger partial charge in [-0.1, -0.05) is 30.4 Å². The number of rotatable bonds is 4. The van der Waals surface area contributed by atoms with E-state index in [9.17, 15) is 4.79 Å². The Hall–Kier alpha value is -2.49. The van der Waals surface area contributed by atoms with Gasteiger partial charge in [-0.2, -0.15) is 0 Å². The first-order valence-corrected chi connectivity index (χ1v) is 5.95. The lowest BCUT2D eigenvalue weighted by molar-refractivity contribution is 0.0550. The van der Waals surface area contributed by atoms with E-state index in [1.807, 2.05) is 25.1 Å². The van der Waals surface area contributed by atoms with Gasteiger partial charge in [-0.05, 0) is 18.6 Å². The van der Waals surface area contributed by atoms with Crippen LogP contribution in [-0.4, -0.2) is 22.5 Å². The van der Waals surface area contributed by atoms with Gasteiger partial charge in [-0.3, -0.25) is 0 Å². The fraction of sp³-hybridized carbons (Fsp3) is 0.133. The van der Waals surface area contributed by atoms with Crippen molar-refractivity contribution in [3.05, 3.63) is 60.7 Å². The molecule has 0 aliphatic heterocycles. The molecule has 0 saturated heterocycles. The summed E-state index contributed by atoms with van der Waals surface area (Å²) in [6.07, 6.45) is 8.42. The van der Waals surface area contributed by atoms with Gasteiger partial charge >= 0.3 is 5.97 Å². The van der Waals surface area contributed by atoms with Crippen LogP contribution in [-0.2, 0) is 4.74 Å². The minimum atomic E-state index is -0.349. The molecule has 96 valence electrons. The number of esters is 1. The van der Waals surface area contributed by atoms with Crippen molar-refractivity contribution in [2.45, 2.75) is 6.92 Å². The van der Waals surface area contributed by atoms with Crippen molar-refractivity contribution in [2.24, 2.45) is 0 Å². The summed E-state index contributed by atoms with van der Waals surface area (Å²) in [4.78, 5) is 19.9. The average Bonchev–Trinajstić information content (AvgIpc) is 2.48. The zero-order valence-corrected chi connectivity index (χ0v) is 10.6. The van der Waals surface area contributed by atoms with Gasteiger partial charge in [-0.25, -0.2) is 14.8 Å². The first kappa shape index (κ1) is 13.0. The number of ether oxygens (including phenoxy) is 1. The molecule has 19 heavy (non-hydrogen) atoms. The number of aromatic nitrogens is 2. The van der Waals surface area contributed by atoms with Gasteiger partial charge in [0.05, 0.1) is 5.56 Å². The summed E-state index contributed by atoms with van der Waals surface area (Å²) in [5.74, 6) is -0.349. The molecule has 0 amide bonds. The van der Waals surface area contributed by atoms with Crippen molar-refractivity contribution in [3.63, 3.8) is 0 Å². The summed E-state index contributed by atoms with van der Waals surface area (Å²) in [5.41, 5.74) is 2.08. The first-order valence-electron chi connectivity index (χ1n) is 5.95. The van der Waals surface area contributed by atoms with E-state index in [0.29, 0.717) is 5.56 Å². The van der Waals surface area contributed by atoms with Crippen LogP contribution in [0.15, 0.2) is 55.1 Å². The van der Waals surface area contributed by atoms with E-state index in [-0.39, 0.29) is 12.6 Å². The maximum atomic E-state index is 12.0. The van der Waals surface area contributed by atoms with Crippen molar-refractivity contribution in [2.75, 3.05) is 6.61 Å². The quantitative estimate of drug-likeness (QED) is 0.622. The summed E-state index contributed by atoms with van der Waals surface area (Å²) in [6.45, 7) is 2.15. The number of carbonyl (C=O) groups excluding carboxylic acids is 1. The molecule has 0 bridgehead atoms. The minimum absolute atomic E-state index is 0.273. The predicted octanol–water partition coefficient (Wildman–Crippen LogP) is 2.88. The molecule has 0 atom stereocenters. The molecule has 0 unspecified atom stereocenters. The molecule has 0 fully saturated rings. The van der Waals surface area contributed by atoms with Crippen LogP contribution in [0.1, 0.15) is 17.3 Å². The molecule has 1 heterocycles. The van der Waals surface area contributed by atoms with Crippen LogP contribution >= 0.6 is 0 Å². The molecule has 0 aliphatic carbocycles. The highest BCUT2D eigenvalue weighted by molar-refractivity contribution is 5.97. The Morgan fingerprint density at radius 1 is 1.26 bits per heavy atom. The molecule has 4 heteroatoms. The van der Waals surface area contributed by atoms with E-state index in [1.165, 1.54) is 6.33 Å². The average molecular weight is 254 g/mol. The number of nitrogens with zero attached hydrogens (tertiary/aromatic N) is 2. The smallest absolute Gasteiger partial charge is 0.339 e. The molecule has 1 aromatic heterocycles. The zero-order chi connectivity index (χ0) is 13.5. The molecule has 1 aromatic carbocycles. The van der Waals surface area contributed by atoms with Crippen LogP contribution < -0.4 is 0 Å². The SMILES string of the molecule is C/C=C/COC(=O)c1ccccc1-c1cncnc1. The van der Waals surface area contributed by atoms with E-state index in [1.54, 1.807) is 30.6 Å². The van der Waals surface area contributed by atoms with Crippen molar-refractivity contribution in [3.8, 4) is 11.1 Å². The van der Waals surface area contributed by atoms with Crippen LogP contribution in [0.5, 0.6) is 0 Å². The number of hydrogen-bond donors (Lipinski definition) is 0. The summed E-state index contributed by atoms with van der Waals surface area (Å²) < 4.78 is 5.16. The van der Waals surface area contributed by atoms with E-state index in [0.717, 1.165) is 11.1 Å². The second-order valence-electron chi connectivity index (χ2n) is 3.84. The summed E-state index contributed by atoms with van der Waals surface area (Å²) >= 11 is 0. The first-order chi connectivity index (χ1) is 9.33. The monoisotopic (exact) mass is 254 g/mol. The molecule has 0 saturated carbocycles. The summed E-state index contributed by atoms with van der Waals surface area (Å²) in [7, 11) is 0. The van der Waals surface area contributed by atoms with Crippen LogP contribution in [0.3, 0.4) is 0 Å². The fourth-order valence-electron chi connectivity index (χ4n) is 1.65. The Kier molecular flexibility index (Phi) is 4.39. The molecule has 4 nitrogen and oxygen atoms in total. The molecule has 2 rings (SSSR count). The molecule has 2 aromatic rings. The second-order valence-corrected chi connectivity index (χ2v) is 3.84. The molecule has 0 radical (unpaired) electrons. The van der Waals surface area contributed by atoms with E-state index < -0.39 is 0 Å². The molecular weight excluding hydrogens is 240 g/mol. The van der Waals surface area contributed by atoms with Crippen LogP contribution in [0.25, 0.3) is 11.1 Å². The number of benzene rings is 1. The topological polar surface area (TPSA) is 52.1 Å². The number of hydrogen-bond acceptors (Lipinski definition) is 4. The van der Waals surface area contributed by atoms with Gasteiger partial charge in [0.2, 0.25) is 0 Å². The minimum Gasteiger partial charge on any atom is -0.458 e. The van der Waals surface area contributed by atoms with Gasteiger partial charge in [0.25, 0.3) is 0 Å². The number of carbonyl (C=O) groups is 1. The van der Waals surface area contributed by atoms with Gasteiger partial charge in [0, 0.05) is 18.0 Å².